The van der Waals surface area contributed by atoms with Crippen molar-refractivity contribution in [3.05, 3.63) is 118 Å². The maximum absolute atomic E-state index is 10.8. The summed E-state index contributed by atoms with van der Waals surface area (Å²) in [6.45, 7) is 11.8. The Kier molecular flexibility index (Phi) is 14.4. The van der Waals surface area contributed by atoms with E-state index >= 15 is 0 Å². The first-order valence-electron chi connectivity index (χ1n) is 19.5. The molecular weight excluding hydrogens is 687 g/mol. The van der Waals surface area contributed by atoms with Crippen LogP contribution in [-0.4, -0.2) is 51.2 Å². The number of carbonyl (C=O) groups excluding carboxylic acids is 1. The van der Waals surface area contributed by atoms with Gasteiger partial charge in [-0.05, 0) is 117 Å². The van der Waals surface area contributed by atoms with Crippen LogP contribution in [0.25, 0.3) is 21.8 Å². The normalized spacial score (nSPS) is 14.5. The molecule has 3 heterocycles. The SMILES string of the molecule is CCC(C=O)c1ccc(OC)c(OC)c1.CCC(c1ccc(OC)c(OC)c1)C1NCCc2c1[nH]c1ccc(C)cc21.CCCc1c[nH]c2ccc(C)cc12. The Balaban J connectivity index is 0.000000175. The molecule has 0 saturated heterocycles. The Bertz CT molecular complexity index is 2170. The average molecular weight is 746 g/mol. The van der Waals surface area contributed by atoms with Crippen LogP contribution in [0.3, 0.4) is 0 Å². The number of methoxy groups -OCH3 is 4. The molecular formula is C47H59N3O5. The number of aldehydes is 1. The van der Waals surface area contributed by atoms with Gasteiger partial charge >= 0.3 is 0 Å². The summed E-state index contributed by atoms with van der Waals surface area (Å²) >= 11 is 0. The van der Waals surface area contributed by atoms with Gasteiger partial charge in [-0.2, -0.15) is 0 Å². The predicted molar refractivity (Wildman–Crippen MR) is 226 cm³/mol. The van der Waals surface area contributed by atoms with Gasteiger partial charge in [-0.3, -0.25) is 0 Å². The van der Waals surface area contributed by atoms with Crippen LogP contribution >= 0.6 is 0 Å². The molecule has 2 aromatic heterocycles. The zero-order chi connectivity index (χ0) is 39.5. The second kappa shape index (κ2) is 19.4. The van der Waals surface area contributed by atoms with Crippen LogP contribution in [0.15, 0.2) is 79.0 Å². The first-order valence-corrected chi connectivity index (χ1v) is 19.5. The van der Waals surface area contributed by atoms with Crippen molar-refractivity contribution in [3.8, 4) is 23.0 Å². The Morgan fingerprint density at radius 3 is 1.89 bits per heavy atom. The maximum Gasteiger partial charge on any atom is 0.161 e. The number of hydrogen-bond donors (Lipinski definition) is 3. The fourth-order valence-electron chi connectivity index (χ4n) is 7.73. The average Bonchev–Trinajstić information content (AvgIpc) is 3.79. The molecule has 292 valence electrons. The minimum Gasteiger partial charge on any atom is -0.493 e. The summed E-state index contributed by atoms with van der Waals surface area (Å²) in [4.78, 5) is 17.8. The lowest BCUT2D eigenvalue weighted by Gasteiger charge is -2.32. The molecule has 6 aromatic rings. The molecule has 0 radical (unpaired) electrons. The van der Waals surface area contributed by atoms with Crippen LogP contribution in [0.5, 0.6) is 23.0 Å². The summed E-state index contributed by atoms with van der Waals surface area (Å²) in [6.07, 6.45) is 8.37. The molecule has 0 aliphatic carbocycles. The third kappa shape index (κ3) is 9.37. The number of H-pyrrole nitrogens is 2. The number of nitrogens with one attached hydrogen (secondary N) is 3. The van der Waals surface area contributed by atoms with Gasteiger partial charge < -0.3 is 39.0 Å². The van der Waals surface area contributed by atoms with Crippen molar-refractivity contribution < 1.29 is 23.7 Å². The van der Waals surface area contributed by atoms with Gasteiger partial charge in [0.2, 0.25) is 0 Å². The minimum atomic E-state index is -0.0650. The molecule has 8 heteroatoms. The highest BCUT2D eigenvalue weighted by Gasteiger charge is 2.31. The van der Waals surface area contributed by atoms with Crippen molar-refractivity contribution in [1.82, 2.24) is 15.3 Å². The number of fused-ring (bicyclic) bond motifs is 4. The van der Waals surface area contributed by atoms with E-state index in [1.165, 1.54) is 68.2 Å². The van der Waals surface area contributed by atoms with Crippen LogP contribution in [0.2, 0.25) is 0 Å². The van der Waals surface area contributed by atoms with Gasteiger partial charge in [0, 0.05) is 45.5 Å². The zero-order valence-electron chi connectivity index (χ0n) is 34.1. The summed E-state index contributed by atoms with van der Waals surface area (Å²) in [7, 11) is 6.55. The van der Waals surface area contributed by atoms with E-state index in [-0.39, 0.29) is 12.0 Å². The Morgan fingerprint density at radius 2 is 1.31 bits per heavy atom. The molecule has 1 aliphatic heterocycles. The maximum atomic E-state index is 10.8. The highest BCUT2D eigenvalue weighted by atomic mass is 16.5. The molecule has 8 nitrogen and oxygen atoms in total. The van der Waals surface area contributed by atoms with Gasteiger partial charge in [-0.25, -0.2) is 0 Å². The molecule has 4 aromatic carbocycles. The number of benzene rings is 4. The number of aromatic nitrogens is 2. The van der Waals surface area contributed by atoms with Crippen LogP contribution in [-0.2, 0) is 17.6 Å². The van der Waals surface area contributed by atoms with Crippen molar-refractivity contribution >= 4 is 28.1 Å². The molecule has 3 atom stereocenters. The quantitative estimate of drug-likeness (QED) is 0.108. The Morgan fingerprint density at radius 1 is 0.709 bits per heavy atom. The van der Waals surface area contributed by atoms with Crippen molar-refractivity contribution in [2.24, 2.45) is 0 Å². The number of rotatable bonds is 12. The number of hydrogen-bond acceptors (Lipinski definition) is 6. The van der Waals surface area contributed by atoms with E-state index < -0.39 is 0 Å². The first-order chi connectivity index (χ1) is 26.7. The number of aryl methyl sites for hydroxylation is 3. The van der Waals surface area contributed by atoms with Crippen molar-refractivity contribution in [1.29, 1.82) is 0 Å². The molecule has 0 bridgehead atoms. The third-order valence-electron chi connectivity index (χ3n) is 10.7. The third-order valence-corrected chi connectivity index (χ3v) is 10.7. The summed E-state index contributed by atoms with van der Waals surface area (Å²) < 4.78 is 21.2. The van der Waals surface area contributed by atoms with Gasteiger partial charge in [-0.15, -0.1) is 0 Å². The van der Waals surface area contributed by atoms with E-state index in [0.717, 1.165) is 49.2 Å². The number of aromatic amines is 2. The van der Waals surface area contributed by atoms with Crippen molar-refractivity contribution in [3.63, 3.8) is 0 Å². The monoisotopic (exact) mass is 745 g/mol. The van der Waals surface area contributed by atoms with Crippen LogP contribution < -0.4 is 24.3 Å². The largest absolute Gasteiger partial charge is 0.493 e. The molecule has 1 aliphatic rings. The number of carbonyl (C=O) groups is 1. The topological polar surface area (TPSA) is 97.6 Å². The number of ether oxygens (including phenoxy) is 4. The van der Waals surface area contributed by atoms with Crippen molar-refractivity contribution in [2.75, 3.05) is 35.0 Å². The second-order valence-electron chi connectivity index (χ2n) is 14.3. The first kappa shape index (κ1) is 41.0. The van der Waals surface area contributed by atoms with Crippen LogP contribution in [0.4, 0.5) is 0 Å². The van der Waals surface area contributed by atoms with E-state index in [1.54, 1.807) is 28.4 Å². The van der Waals surface area contributed by atoms with Crippen molar-refractivity contribution in [2.45, 2.75) is 84.6 Å². The van der Waals surface area contributed by atoms with Crippen LogP contribution in [0.1, 0.15) is 97.0 Å². The minimum absolute atomic E-state index is 0.0650. The van der Waals surface area contributed by atoms with E-state index in [1.807, 2.05) is 31.2 Å². The highest BCUT2D eigenvalue weighted by Crippen LogP contribution is 2.42. The lowest BCUT2D eigenvalue weighted by Crippen LogP contribution is -2.33. The van der Waals surface area contributed by atoms with E-state index in [0.29, 0.717) is 17.4 Å². The molecule has 0 spiro atoms. The molecule has 0 saturated carbocycles. The zero-order valence-corrected chi connectivity index (χ0v) is 34.1. The van der Waals surface area contributed by atoms with E-state index in [9.17, 15) is 4.79 Å². The van der Waals surface area contributed by atoms with E-state index in [4.69, 9.17) is 18.9 Å². The van der Waals surface area contributed by atoms with Gasteiger partial charge in [0.05, 0.1) is 34.5 Å². The summed E-state index contributed by atoms with van der Waals surface area (Å²) in [5.41, 5.74) is 11.6. The predicted octanol–water partition coefficient (Wildman–Crippen LogP) is 10.7. The van der Waals surface area contributed by atoms with Gasteiger partial charge in [0.15, 0.2) is 23.0 Å². The van der Waals surface area contributed by atoms with Gasteiger partial charge in [0.25, 0.3) is 0 Å². The molecule has 0 fully saturated rings. The molecule has 0 amide bonds. The van der Waals surface area contributed by atoms with E-state index in [2.05, 4.69) is 97.7 Å². The summed E-state index contributed by atoms with van der Waals surface area (Å²) in [5.74, 6) is 3.20. The molecule has 3 N–H and O–H groups in total. The fraction of sp³-hybridized carbons (Fsp3) is 0.383. The smallest absolute Gasteiger partial charge is 0.161 e. The lowest BCUT2D eigenvalue weighted by molar-refractivity contribution is -0.109. The summed E-state index contributed by atoms with van der Waals surface area (Å²) in [6, 6.07) is 25.4. The summed E-state index contributed by atoms with van der Waals surface area (Å²) in [5, 5.41) is 6.53. The van der Waals surface area contributed by atoms with Gasteiger partial charge in [-0.1, -0.05) is 62.6 Å². The van der Waals surface area contributed by atoms with Gasteiger partial charge in [0.1, 0.15) is 6.29 Å². The molecule has 3 unspecified atom stereocenters. The second-order valence-corrected chi connectivity index (χ2v) is 14.3. The Hall–Kier alpha value is -5.21. The molecule has 7 rings (SSSR count). The Labute approximate surface area is 326 Å². The standard InChI is InChI=1S/C23H28N2O2.C12H15N.C12H16O3/c1-5-16(15-7-9-20(26-3)21(13-15)27-4)22-23-17(10-11-24-22)18-12-14(2)6-8-19(18)25-23;1-3-4-10-8-13-12-6-5-9(2)7-11(10)12;1-4-9(8-13)10-5-6-11(14-2)12(7-10)15-3/h6-9,12-13,16,22,24-25H,5,10-11H2,1-4H3;5-8,13H,3-4H2,1-2H3;5-9H,4H2,1-3H3. The molecule has 55 heavy (non-hydrogen) atoms. The lowest BCUT2D eigenvalue weighted by atomic mass is 9.83. The van der Waals surface area contributed by atoms with Crippen LogP contribution in [0, 0.1) is 13.8 Å². The highest BCUT2D eigenvalue weighted by molar-refractivity contribution is 5.86. The fourth-order valence-corrected chi connectivity index (χ4v) is 7.73.